The molecule has 1 heterocycles. The number of aromatic nitrogens is 1. The topological polar surface area (TPSA) is 206 Å². The number of carbonyl (C=O) groups excluding carboxylic acids is 3. The van der Waals surface area contributed by atoms with Gasteiger partial charge in [0, 0.05) is 81.5 Å². The van der Waals surface area contributed by atoms with Gasteiger partial charge in [0.05, 0.1) is 22.8 Å². The van der Waals surface area contributed by atoms with Gasteiger partial charge in [0.1, 0.15) is 17.2 Å². The predicted molar refractivity (Wildman–Crippen MR) is 183 cm³/mol. The quantitative estimate of drug-likeness (QED) is 0.0702. The average molecular weight is 629 g/mol. The first kappa shape index (κ1) is 34.9. The first-order valence-corrected chi connectivity index (χ1v) is 14.9. The van der Waals surface area contributed by atoms with Crippen LogP contribution in [0.5, 0.6) is 0 Å². The molecule has 46 heavy (non-hydrogen) atoms. The van der Waals surface area contributed by atoms with Gasteiger partial charge in [-0.25, -0.2) is 4.79 Å². The fraction of sp³-hybridized carbons (Fsp3) is 0.333. The second-order valence-electron chi connectivity index (χ2n) is 11.1. The molecule has 0 saturated heterocycles. The highest BCUT2D eigenvalue weighted by Gasteiger charge is 2.29. The Morgan fingerprint density at radius 2 is 1.87 bits per heavy atom. The molecule has 0 aliphatic heterocycles. The minimum atomic E-state index is -0.525. The average Bonchev–Trinajstić information content (AvgIpc) is 3.89. The van der Waals surface area contributed by atoms with E-state index in [4.69, 9.17) is 17.2 Å². The van der Waals surface area contributed by atoms with Crippen molar-refractivity contribution in [1.29, 1.82) is 0 Å². The Kier molecular flexibility index (Phi) is 12.1. The molecule has 0 bridgehead atoms. The first-order valence-electron chi connectivity index (χ1n) is 14.9. The van der Waals surface area contributed by atoms with E-state index in [1.54, 1.807) is 50.6 Å². The summed E-state index contributed by atoms with van der Waals surface area (Å²) in [6.07, 6.45) is 6.41. The second-order valence-corrected chi connectivity index (χ2v) is 11.1. The largest absolute Gasteiger partial charge is 0.402 e. The number of amides is 2. The standard InChI is InChI=1S/C33H44N10O3/c1-19(2)29(35)22(15-37-3)17-43(6)27(18-44)24-13-12-21(16-40-24)23-8-7-9-25(31(23)38-4)41-26(30(36)33(46)39-5)14-28(34)42-32(45)20-10-11-20/h7-9,12-16,19-20,38,41H,10-11,17,34-36H2,1-6H3,(H,39,46)(H,42,45)/b28-14+,29-22+,30-26+,37-15?. The van der Waals surface area contributed by atoms with Crippen LogP contribution in [-0.4, -0.2) is 68.6 Å². The van der Waals surface area contributed by atoms with Crippen molar-refractivity contribution < 1.29 is 14.4 Å². The molecule has 2 aromatic rings. The molecule has 1 aliphatic rings. The molecule has 1 aliphatic carbocycles. The Labute approximate surface area is 269 Å². The lowest BCUT2D eigenvalue weighted by Crippen LogP contribution is -2.31. The van der Waals surface area contributed by atoms with Crippen molar-refractivity contribution in [2.75, 3.05) is 45.4 Å². The molecule has 13 nitrogen and oxygen atoms in total. The van der Waals surface area contributed by atoms with Crippen molar-refractivity contribution in [1.82, 2.24) is 20.5 Å². The highest BCUT2D eigenvalue weighted by molar-refractivity contribution is 5.95. The Morgan fingerprint density at radius 1 is 1.15 bits per heavy atom. The van der Waals surface area contributed by atoms with Crippen molar-refractivity contribution in [3.05, 3.63) is 76.8 Å². The Hall–Kier alpha value is -5.55. The van der Waals surface area contributed by atoms with Crippen LogP contribution in [0.1, 0.15) is 32.4 Å². The summed E-state index contributed by atoms with van der Waals surface area (Å²) in [7, 11) is 6.66. The molecule has 0 spiro atoms. The summed E-state index contributed by atoms with van der Waals surface area (Å²) in [5.74, 6) is 1.43. The van der Waals surface area contributed by atoms with Crippen molar-refractivity contribution >= 4 is 41.0 Å². The summed E-state index contributed by atoms with van der Waals surface area (Å²) in [5, 5.41) is 11.5. The number of allylic oxidation sites excluding steroid dienone is 2. The Morgan fingerprint density at radius 3 is 2.41 bits per heavy atom. The fourth-order valence-electron chi connectivity index (χ4n) is 4.62. The first-order chi connectivity index (χ1) is 21.9. The number of likely N-dealkylation sites (N-methyl/N-ethyl adjacent to an activating group) is 2. The summed E-state index contributed by atoms with van der Waals surface area (Å²) >= 11 is 0. The van der Waals surface area contributed by atoms with Gasteiger partial charge in [-0.1, -0.05) is 32.0 Å². The molecule has 2 amide bonds. The van der Waals surface area contributed by atoms with Gasteiger partial charge < -0.3 is 43.4 Å². The van der Waals surface area contributed by atoms with E-state index >= 15 is 0 Å². The maximum absolute atomic E-state index is 12.5. The Bertz CT molecular complexity index is 1610. The van der Waals surface area contributed by atoms with E-state index in [0.29, 0.717) is 29.3 Å². The maximum atomic E-state index is 12.5. The SMILES string of the molecule is CN=C/C(CN(C)C(=C=O)c1ccc(-c2cccc(NC(/C=C(\N)NC(=O)C3CC3)=C(/N)C(=O)NC)c2NC)cn1)=C(\N)C(C)C. The molecular weight excluding hydrogens is 584 g/mol. The van der Waals surface area contributed by atoms with E-state index in [9.17, 15) is 14.4 Å². The number of nitrogens with zero attached hydrogens (tertiary/aromatic N) is 3. The second kappa shape index (κ2) is 16.0. The third-order valence-electron chi connectivity index (χ3n) is 7.34. The number of para-hydroxylation sites is 1. The number of benzene rings is 1. The van der Waals surface area contributed by atoms with Crippen LogP contribution in [-0.2, 0) is 14.4 Å². The Balaban J connectivity index is 1.94. The molecule has 13 heteroatoms. The smallest absolute Gasteiger partial charge is 0.269 e. The lowest BCUT2D eigenvalue weighted by Gasteiger charge is -2.22. The third kappa shape index (κ3) is 8.76. The number of nitrogens with two attached hydrogens (primary N) is 3. The molecule has 244 valence electrons. The number of pyridine rings is 1. The highest BCUT2D eigenvalue weighted by Crippen LogP contribution is 2.35. The number of anilines is 2. The molecule has 3 rings (SSSR count). The van der Waals surface area contributed by atoms with Crippen LogP contribution in [0.2, 0.25) is 0 Å². The van der Waals surface area contributed by atoms with Crippen LogP contribution in [0.25, 0.3) is 16.8 Å². The lowest BCUT2D eigenvalue weighted by molar-refractivity contribution is -0.121. The number of rotatable bonds is 14. The summed E-state index contributed by atoms with van der Waals surface area (Å²) in [4.78, 5) is 47.2. The number of carbonyl (C=O) groups is 2. The fourth-order valence-corrected chi connectivity index (χ4v) is 4.62. The predicted octanol–water partition coefficient (Wildman–Crippen LogP) is 2.12. The zero-order chi connectivity index (χ0) is 34.0. The van der Waals surface area contributed by atoms with Gasteiger partial charge in [-0.15, -0.1) is 0 Å². The molecule has 1 saturated carbocycles. The zero-order valence-electron chi connectivity index (χ0n) is 27.2. The van der Waals surface area contributed by atoms with Crippen molar-refractivity contribution in [2.45, 2.75) is 26.7 Å². The van der Waals surface area contributed by atoms with Crippen LogP contribution < -0.4 is 38.5 Å². The van der Waals surface area contributed by atoms with Gasteiger partial charge in [-0.3, -0.25) is 19.6 Å². The van der Waals surface area contributed by atoms with E-state index < -0.39 is 5.91 Å². The molecule has 0 radical (unpaired) electrons. The summed E-state index contributed by atoms with van der Waals surface area (Å²) in [6, 6.07) is 9.13. The summed E-state index contributed by atoms with van der Waals surface area (Å²) < 4.78 is 0. The molecule has 1 aromatic carbocycles. The van der Waals surface area contributed by atoms with Crippen molar-refractivity contribution in [2.24, 2.45) is 34.0 Å². The van der Waals surface area contributed by atoms with Gasteiger partial charge in [0.25, 0.3) is 5.91 Å². The van der Waals surface area contributed by atoms with Crippen molar-refractivity contribution in [3.63, 3.8) is 0 Å². The maximum Gasteiger partial charge on any atom is 0.269 e. The van der Waals surface area contributed by atoms with Crippen LogP contribution in [0.3, 0.4) is 0 Å². The van der Waals surface area contributed by atoms with Crippen LogP contribution >= 0.6 is 0 Å². The summed E-state index contributed by atoms with van der Waals surface area (Å²) in [6.45, 7) is 4.34. The van der Waals surface area contributed by atoms with E-state index in [1.165, 1.54) is 13.1 Å². The molecule has 0 atom stereocenters. The van der Waals surface area contributed by atoms with E-state index in [1.807, 2.05) is 38.0 Å². The van der Waals surface area contributed by atoms with Gasteiger partial charge in [0.2, 0.25) is 5.91 Å². The minimum Gasteiger partial charge on any atom is -0.402 e. The molecule has 0 unspecified atom stereocenters. The van der Waals surface area contributed by atoms with Crippen LogP contribution in [0, 0.1) is 11.8 Å². The van der Waals surface area contributed by atoms with Gasteiger partial charge in [-0.05, 0) is 30.9 Å². The molecule has 1 aromatic heterocycles. The molecular formula is C33H44N10O3. The zero-order valence-corrected chi connectivity index (χ0v) is 27.2. The normalized spacial score (nSPS) is 14.2. The monoisotopic (exact) mass is 628 g/mol. The van der Waals surface area contributed by atoms with Gasteiger partial charge >= 0.3 is 0 Å². The number of nitrogens with one attached hydrogen (secondary N) is 4. The van der Waals surface area contributed by atoms with Gasteiger partial charge in [0.15, 0.2) is 5.94 Å². The molecule has 10 N–H and O–H groups in total. The molecule has 1 fully saturated rings. The number of hydrogen-bond acceptors (Lipinski definition) is 11. The van der Waals surface area contributed by atoms with E-state index in [2.05, 4.69) is 31.2 Å². The van der Waals surface area contributed by atoms with Crippen LogP contribution in [0.15, 0.2) is 76.1 Å². The van der Waals surface area contributed by atoms with Gasteiger partial charge in [-0.2, -0.15) is 0 Å². The third-order valence-corrected chi connectivity index (χ3v) is 7.34. The van der Waals surface area contributed by atoms with E-state index in [-0.39, 0.29) is 40.7 Å². The van der Waals surface area contributed by atoms with E-state index in [0.717, 1.165) is 29.5 Å². The summed E-state index contributed by atoms with van der Waals surface area (Å²) in [5.41, 5.74) is 23.6. The van der Waals surface area contributed by atoms with Crippen LogP contribution in [0.4, 0.5) is 11.4 Å². The lowest BCUT2D eigenvalue weighted by atomic mass is 10.0. The van der Waals surface area contributed by atoms with Crippen molar-refractivity contribution in [3.8, 4) is 11.1 Å². The number of aliphatic imine (C=N–C) groups is 1. The number of hydrogen-bond donors (Lipinski definition) is 7. The highest BCUT2D eigenvalue weighted by atomic mass is 16.2. The minimum absolute atomic E-state index is 0.0497.